The Balaban J connectivity index is 1.96. The van der Waals surface area contributed by atoms with Gasteiger partial charge in [-0.3, -0.25) is 4.57 Å². The fourth-order valence-corrected chi connectivity index (χ4v) is 4.36. The molecule has 0 amide bonds. The molecule has 2 heterocycles. The summed E-state index contributed by atoms with van der Waals surface area (Å²) in [6.07, 6.45) is 0. The van der Waals surface area contributed by atoms with Gasteiger partial charge in [-0.1, -0.05) is 28.5 Å². The first kappa shape index (κ1) is 18.2. The Hall–Kier alpha value is -1.58. The van der Waals surface area contributed by atoms with Gasteiger partial charge in [0, 0.05) is 28.9 Å². The minimum Gasteiger partial charge on any atom is -0.486 e. The van der Waals surface area contributed by atoms with Crippen molar-refractivity contribution in [3.63, 3.8) is 0 Å². The quantitative estimate of drug-likeness (QED) is 0.475. The molecule has 1 aliphatic rings. The van der Waals surface area contributed by atoms with E-state index in [4.69, 9.17) is 21.5 Å². The minimum atomic E-state index is -0.544. The molecule has 10 heteroatoms. The van der Waals surface area contributed by atoms with Gasteiger partial charge in [0.15, 0.2) is 11.0 Å². The van der Waals surface area contributed by atoms with Gasteiger partial charge in [0.25, 0.3) is 0 Å². The van der Waals surface area contributed by atoms with Gasteiger partial charge in [-0.05, 0) is 26.8 Å². The highest BCUT2D eigenvalue weighted by molar-refractivity contribution is 8.00. The Morgan fingerprint density at radius 3 is 3.00 bits per heavy atom. The van der Waals surface area contributed by atoms with Gasteiger partial charge in [-0.2, -0.15) is 4.37 Å². The number of nitrogens with zero attached hydrogens (tertiary/aromatic N) is 4. The first-order valence-electron chi connectivity index (χ1n) is 7.39. The lowest BCUT2D eigenvalue weighted by Crippen LogP contribution is -2.21. The number of aromatic nitrogens is 2. The molecule has 0 bridgehead atoms. The van der Waals surface area contributed by atoms with Crippen LogP contribution in [0.2, 0.25) is 5.02 Å². The van der Waals surface area contributed by atoms with E-state index in [9.17, 15) is 4.39 Å². The van der Waals surface area contributed by atoms with E-state index in [1.165, 1.54) is 17.6 Å². The molecule has 6 nitrogen and oxygen atoms in total. The van der Waals surface area contributed by atoms with Gasteiger partial charge in [0.2, 0.25) is 4.80 Å². The summed E-state index contributed by atoms with van der Waals surface area (Å²) in [4.78, 5) is 5.02. The summed E-state index contributed by atoms with van der Waals surface area (Å²) in [6.45, 7) is 6.64. The molecule has 0 aliphatic carbocycles. The molecule has 25 heavy (non-hydrogen) atoms. The Morgan fingerprint density at radius 2 is 2.28 bits per heavy atom. The fraction of sp³-hybridized carbons (Fsp3) is 0.400. The fourth-order valence-electron chi connectivity index (χ4n) is 2.24. The number of oxime groups is 1. The molecule has 0 saturated carbocycles. The summed E-state index contributed by atoms with van der Waals surface area (Å²) < 4.78 is 26.1. The van der Waals surface area contributed by atoms with Gasteiger partial charge in [-0.15, -0.1) is 0 Å². The smallest absolute Gasteiger partial charge is 0.210 e. The second-order valence-electron chi connectivity index (χ2n) is 6.17. The zero-order valence-corrected chi connectivity index (χ0v) is 16.2. The van der Waals surface area contributed by atoms with Crippen LogP contribution in [0.4, 0.5) is 10.1 Å². The normalized spacial score (nSPS) is 17.0. The van der Waals surface area contributed by atoms with E-state index >= 15 is 0 Å². The third-order valence-corrected chi connectivity index (χ3v) is 5.72. The van der Waals surface area contributed by atoms with Crippen LogP contribution in [0.15, 0.2) is 27.4 Å². The SMILES string of the molecule is CC(COc1cc(N=c2snc3n2CC(C)(C)S3)c(F)cc1Cl)=NO. The molecule has 0 radical (unpaired) electrons. The average molecular weight is 403 g/mol. The van der Waals surface area contributed by atoms with E-state index in [-0.39, 0.29) is 27.8 Å². The van der Waals surface area contributed by atoms with Gasteiger partial charge in [-0.25, -0.2) is 9.38 Å². The first-order valence-corrected chi connectivity index (χ1v) is 9.35. The number of ether oxygens (including phenoxy) is 1. The second-order valence-corrected chi connectivity index (χ2v) is 8.98. The molecule has 0 saturated heterocycles. The highest BCUT2D eigenvalue weighted by Crippen LogP contribution is 2.39. The molecule has 3 rings (SSSR count). The van der Waals surface area contributed by atoms with Crippen molar-refractivity contribution in [2.24, 2.45) is 10.1 Å². The molecule has 0 atom stereocenters. The predicted molar refractivity (Wildman–Crippen MR) is 97.1 cm³/mol. The topological polar surface area (TPSA) is 72.0 Å². The second kappa shape index (κ2) is 6.97. The Kier molecular flexibility index (Phi) is 5.08. The van der Waals surface area contributed by atoms with Gasteiger partial charge in [0.1, 0.15) is 18.0 Å². The minimum absolute atomic E-state index is 0.0363. The highest BCUT2D eigenvalue weighted by Gasteiger charge is 2.31. The molecule has 2 aromatic rings. The van der Waals surface area contributed by atoms with Crippen molar-refractivity contribution in [2.75, 3.05) is 6.61 Å². The maximum absolute atomic E-state index is 14.3. The maximum atomic E-state index is 14.3. The standard InChI is InChI=1S/C15H16ClFN4O2S2/c1-8(19-22)6-23-12-5-11(10(17)4-9(12)16)18-13-21-7-15(2,3)24-14(21)20-25-13/h4-5,22H,6-7H2,1-3H3. The van der Waals surface area contributed by atoms with E-state index < -0.39 is 5.82 Å². The molecule has 1 N–H and O–H groups in total. The zero-order valence-electron chi connectivity index (χ0n) is 13.8. The summed E-state index contributed by atoms with van der Waals surface area (Å²) in [7, 11) is 0. The van der Waals surface area contributed by atoms with Gasteiger partial charge >= 0.3 is 0 Å². The van der Waals surface area contributed by atoms with E-state index in [2.05, 4.69) is 28.4 Å². The molecular formula is C15H16ClFN4O2S2. The Morgan fingerprint density at radius 1 is 1.52 bits per heavy atom. The average Bonchev–Trinajstić information content (AvgIpc) is 3.04. The van der Waals surface area contributed by atoms with Crippen LogP contribution < -0.4 is 9.54 Å². The number of benzene rings is 1. The molecule has 1 aromatic heterocycles. The number of hydrogen-bond donors (Lipinski definition) is 1. The number of rotatable bonds is 4. The largest absolute Gasteiger partial charge is 0.486 e. The molecule has 1 aliphatic heterocycles. The van der Waals surface area contributed by atoms with Crippen LogP contribution in [0.1, 0.15) is 20.8 Å². The van der Waals surface area contributed by atoms with Crippen molar-refractivity contribution >= 4 is 46.3 Å². The lowest BCUT2D eigenvalue weighted by atomic mass is 10.2. The summed E-state index contributed by atoms with van der Waals surface area (Å²) >= 11 is 8.91. The lowest BCUT2D eigenvalue weighted by molar-refractivity contribution is 0.307. The van der Waals surface area contributed by atoms with E-state index in [1.54, 1.807) is 18.7 Å². The first-order chi connectivity index (χ1) is 11.8. The van der Waals surface area contributed by atoms with Crippen LogP contribution in [-0.2, 0) is 6.54 Å². The van der Waals surface area contributed by atoms with Crippen LogP contribution in [0.3, 0.4) is 0 Å². The molecule has 134 valence electrons. The number of hydrogen-bond acceptors (Lipinski definition) is 7. The molecule has 0 spiro atoms. The number of halogens is 2. The Bertz CT molecular complexity index is 907. The van der Waals surface area contributed by atoms with E-state index in [0.29, 0.717) is 10.5 Å². The van der Waals surface area contributed by atoms with Crippen molar-refractivity contribution in [3.05, 3.63) is 27.8 Å². The van der Waals surface area contributed by atoms with Gasteiger partial charge < -0.3 is 9.94 Å². The van der Waals surface area contributed by atoms with Crippen LogP contribution in [0.25, 0.3) is 0 Å². The molecular weight excluding hydrogens is 387 g/mol. The lowest BCUT2D eigenvalue weighted by Gasteiger charge is -2.13. The van der Waals surface area contributed by atoms with Crippen LogP contribution in [-0.4, -0.2) is 31.2 Å². The predicted octanol–water partition coefficient (Wildman–Crippen LogP) is 4.08. The summed E-state index contributed by atoms with van der Waals surface area (Å²) in [5.74, 6) is -0.275. The highest BCUT2D eigenvalue weighted by atomic mass is 35.5. The van der Waals surface area contributed by atoms with Crippen molar-refractivity contribution in [3.8, 4) is 5.75 Å². The summed E-state index contributed by atoms with van der Waals surface area (Å²) in [6, 6.07) is 2.59. The van der Waals surface area contributed by atoms with Crippen molar-refractivity contribution in [1.29, 1.82) is 0 Å². The monoisotopic (exact) mass is 402 g/mol. The van der Waals surface area contributed by atoms with E-state index in [0.717, 1.165) is 17.8 Å². The van der Waals surface area contributed by atoms with Gasteiger partial charge in [0.05, 0.1) is 10.7 Å². The molecule has 1 aromatic carbocycles. The third-order valence-electron chi connectivity index (χ3n) is 3.40. The van der Waals surface area contributed by atoms with Crippen molar-refractivity contribution < 1.29 is 14.3 Å². The summed E-state index contributed by atoms with van der Waals surface area (Å²) in [5, 5.41) is 12.7. The van der Waals surface area contributed by atoms with Crippen molar-refractivity contribution in [2.45, 2.75) is 37.2 Å². The maximum Gasteiger partial charge on any atom is 0.210 e. The van der Waals surface area contributed by atoms with E-state index in [1.807, 2.05) is 4.57 Å². The van der Waals surface area contributed by atoms with Crippen LogP contribution in [0, 0.1) is 5.82 Å². The Labute approximate surface area is 157 Å². The number of fused-ring (bicyclic) bond motifs is 1. The molecule has 0 unspecified atom stereocenters. The van der Waals surface area contributed by atoms with Crippen LogP contribution in [0.5, 0.6) is 5.75 Å². The molecule has 0 fully saturated rings. The zero-order chi connectivity index (χ0) is 18.2. The van der Waals surface area contributed by atoms with Crippen molar-refractivity contribution in [1.82, 2.24) is 8.94 Å². The third kappa shape index (κ3) is 3.99. The number of thioether (sulfide) groups is 1. The summed E-state index contributed by atoms with van der Waals surface area (Å²) in [5.41, 5.74) is 0.487. The van der Waals surface area contributed by atoms with Crippen LogP contribution >= 0.6 is 34.9 Å².